The number of nitrogens with zero attached hydrogens (tertiary/aromatic N) is 3. The van der Waals surface area contributed by atoms with Gasteiger partial charge < -0.3 is 9.63 Å². The monoisotopic (exact) mass is 197 g/mol. The van der Waals surface area contributed by atoms with E-state index in [4.69, 9.17) is 9.63 Å². The lowest BCUT2D eigenvalue weighted by molar-refractivity contribution is 0.152. The fourth-order valence-electron chi connectivity index (χ4n) is 0.832. The molecule has 0 radical (unpaired) electrons. The lowest BCUT2D eigenvalue weighted by Crippen LogP contribution is -1.90. The van der Waals surface area contributed by atoms with Crippen molar-refractivity contribution in [1.29, 1.82) is 0 Å². The number of thiazole rings is 1. The van der Waals surface area contributed by atoms with E-state index in [0.29, 0.717) is 11.5 Å². The molecule has 2 rings (SSSR count). The number of aliphatic hydroxyl groups is 1. The highest BCUT2D eigenvalue weighted by Gasteiger charge is 2.13. The second kappa shape index (κ2) is 3.23. The van der Waals surface area contributed by atoms with Crippen LogP contribution in [0.2, 0.25) is 0 Å². The maximum Gasteiger partial charge on any atom is 0.255 e. The van der Waals surface area contributed by atoms with Crippen molar-refractivity contribution in [2.24, 2.45) is 0 Å². The summed E-state index contributed by atoms with van der Waals surface area (Å²) in [4.78, 5) is 7.98. The number of rotatable bonds is 2. The molecule has 0 aliphatic carbocycles. The van der Waals surface area contributed by atoms with Gasteiger partial charge in [0.1, 0.15) is 11.8 Å². The molecule has 0 bridgehead atoms. The third-order valence-electron chi connectivity index (χ3n) is 1.46. The van der Waals surface area contributed by atoms with Gasteiger partial charge in [0.2, 0.25) is 5.82 Å². The SMILES string of the molecule is C[C@H](O)c1nc(-c2cscn2)no1. The molecule has 0 unspecified atom stereocenters. The predicted octanol–water partition coefficient (Wildman–Crippen LogP) is 1.25. The normalized spacial score (nSPS) is 13.1. The molecule has 0 aliphatic heterocycles. The van der Waals surface area contributed by atoms with Crippen molar-refractivity contribution in [1.82, 2.24) is 15.1 Å². The van der Waals surface area contributed by atoms with E-state index in [2.05, 4.69) is 15.1 Å². The molecule has 0 aromatic carbocycles. The standard InChI is InChI=1S/C7H7N3O2S/c1-4(11)7-9-6(10-12-7)5-2-13-3-8-5/h2-4,11H,1H3/t4-/m0/s1. The van der Waals surface area contributed by atoms with Crippen molar-refractivity contribution in [2.45, 2.75) is 13.0 Å². The van der Waals surface area contributed by atoms with Crippen LogP contribution in [-0.4, -0.2) is 20.2 Å². The molecular weight excluding hydrogens is 190 g/mol. The lowest BCUT2D eigenvalue weighted by Gasteiger charge is -1.91. The van der Waals surface area contributed by atoms with Gasteiger partial charge in [0.05, 0.1) is 5.51 Å². The van der Waals surface area contributed by atoms with Gasteiger partial charge in [-0.15, -0.1) is 11.3 Å². The molecule has 0 amide bonds. The molecule has 68 valence electrons. The second-order valence-corrected chi connectivity index (χ2v) is 3.22. The Bertz CT molecular complexity index is 382. The molecular formula is C7H7N3O2S. The topological polar surface area (TPSA) is 72.0 Å². The van der Waals surface area contributed by atoms with Gasteiger partial charge in [-0.05, 0) is 6.92 Å². The zero-order chi connectivity index (χ0) is 9.26. The Morgan fingerprint density at radius 2 is 2.46 bits per heavy atom. The van der Waals surface area contributed by atoms with Crippen molar-refractivity contribution >= 4 is 11.3 Å². The summed E-state index contributed by atoms with van der Waals surface area (Å²) >= 11 is 1.46. The molecule has 0 saturated carbocycles. The van der Waals surface area contributed by atoms with Gasteiger partial charge in [-0.1, -0.05) is 5.16 Å². The minimum Gasteiger partial charge on any atom is -0.384 e. The van der Waals surface area contributed by atoms with Crippen LogP contribution in [0, 0.1) is 0 Å². The Labute approximate surface area is 78.1 Å². The van der Waals surface area contributed by atoms with Gasteiger partial charge in [0, 0.05) is 5.38 Å². The van der Waals surface area contributed by atoms with Gasteiger partial charge >= 0.3 is 0 Å². The highest BCUT2D eigenvalue weighted by molar-refractivity contribution is 7.07. The van der Waals surface area contributed by atoms with Crippen LogP contribution in [0.1, 0.15) is 18.9 Å². The maximum absolute atomic E-state index is 9.12. The molecule has 2 heterocycles. The van der Waals surface area contributed by atoms with Crippen LogP contribution in [0.15, 0.2) is 15.4 Å². The van der Waals surface area contributed by atoms with E-state index in [1.807, 2.05) is 5.38 Å². The molecule has 1 atom stereocenters. The molecule has 5 nitrogen and oxygen atoms in total. The Morgan fingerprint density at radius 1 is 1.62 bits per heavy atom. The van der Waals surface area contributed by atoms with Gasteiger partial charge in [0.15, 0.2) is 0 Å². The summed E-state index contributed by atoms with van der Waals surface area (Å²) in [6.07, 6.45) is -0.736. The summed E-state index contributed by atoms with van der Waals surface area (Å²) in [7, 11) is 0. The van der Waals surface area contributed by atoms with Crippen molar-refractivity contribution in [3.8, 4) is 11.5 Å². The first-order valence-electron chi connectivity index (χ1n) is 3.67. The molecule has 2 aromatic rings. The Hall–Kier alpha value is -1.27. The first kappa shape index (κ1) is 8.33. The molecule has 0 fully saturated rings. The van der Waals surface area contributed by atoms with Crippen molar-refractivity contribution < 1.29 is 9.63 Å². The molecule has 2 aromatic heterocycles. The fraction of sp³-hybridized carbons (Fsp3) is 0.286. The first-order chi connectivity index (χ1) is 6.27. The number of hydrogen-bond donors (Lipinski definition) is 1. The van der Waals surface area contributed by atoms with Crippen molar-refractivity contribution in [2.75, 3.05) is 0 Å². The minimum atomic E-state index is -0.736. The van der Waals surface area contributed by atoms with Crippen LogP contribution >= 0.6 is 11.3 Å². The van der Waals surface area contributed by atoms with E-state index >= 15 is 0 Å². The van der Waals surface area contributed by atoms with Crippen LogP contribution < -0.4 is 0 Å². The number of aliphatic hydroxyl groups excluding tert-OH is 1. The third-order valence-corrected chi connectivity index (χ3v) is 2.05. The average molecular weight is 197 g/mol. The quantitative estimate of drug-likeness (QED) is 0.784. The molecule has 6 heteroatoms. The molecule has 0 saturated heterocycles. The molecule has 0 spiro atoms. The number of hydrogen-bond acceptors (Lipinski definition) is 6. The zero-order valence-corrected chi connectivity index (χ0v) is 7.65. The zero-order valence-electron chi connectivity index (χ0n) is 6.84. The summed E-state index contributed by atoms with van der Waals surface area (Å²) in [5.41, 5.74) is 2.36. The highest BCUT2D eigenvalue weighted by atomic mass is 32.1. The summed E-state index contributed by atoms with van der Waals surface area (Å²) in [6, 6.07) is 0. The van der Waals surface area contributed by atoms with E-state index in [-0.39, 0.29) is 5.89 Å². The summed E-state index contributed by atoms with van der Waals surface area (Å²) in [6.45, 7) is 1.57. The third kappa shape index (κ3) is 1.58. The van der Waals surface area contributed by atoms with E-state index in [1.54, 1.807) is 12.4 Å². The van der Waals surface area contributed by atoms with Crippen LogP contribution in [0.5, 0.6) is 0 Å². The van der Waals surface area contributed by atoms with E-state index in [9.17, 15) is 0 Å². The summed E-state index contributed by atoms with van der Waals surface area (Å²) in [5.74, 6) is 0.625. The number of aromatic nitrogens is 3. The Balaban J connectivity index is 2.33. The van der Waals surface area contributed by atoms with Crippen molar-refractivity contribution in [3.05, 3.63) is 16.8 Å². The second-order valence-electron chi connectivity index (χ2n) is 2.51. The average Bonchev–Trinajstić information content (AvgIpc) is 2.75. The minimum absolute atomic E-state index is 0.211. The lowest BCUT2D eigenvalue weighted by atomic mass is 10.4. The van der Waals surface area contributed by atoms with Gasteiger partial charge in [0.25, 0.3) is 5.89 Å². The van der Waals surface area contributed by atoms with Gasteiger partial charge in [-0.3, -0.25) is 0 Å². The van der Waals surface area contributed by atoms with Crippen LogP contribution in [0.4, 0.5) is 0 Å². The maximum atomic E-state index is 9.12. The Morgan fingerprint density at radius 3 is 3.00 bits per heavy atom. The largest absolute Gasteiger partial charge is 0.384 e. The van der Waals surface area contributed by atoms with E-state index < -0.39 is 6.10 Å². The van der Waals surface area contributed by atoms with Crippen LogP contribution in [0.25, 0.3) is 11.5 Å². The summed E-state index contributed by atoms with van der Waals surface area (Å²) in [5, 5.41) is 14.6. The molecule has 13 heavy (non-hydrogen) atoms. The van der Waals surface area contributed by atoms with E-state index in [1.165, 1.54) is 11.3 Å². The Kier molecular flexibility index (Phi) is 2.07. The van der Waals surface area contributed by atoms with E-state index in [0.717, 1.165) is 0 Å². The van der Waals surface area contributed by atoms with Crippen molar-refractivity contribution in [3.63, 3.8) is 0 Å². The fourth-order valence-corrected chi connectivity index (χ4v) is 1.36. The van der Waals surface area contributed by atoms with Gasteiger partial charge in [-0.25, -0.2) is 4.98 Å². The molecule has 1 N–H and O–H groups in total. The van der Waals surface area contributed by atoms with Crippen LogP contribution in [0.3, 0.4) is 0 Å². The van der Waals surface area contributed by atoms with Gasteiger partial charge in [-0.2, -0.15) is 4.98 Å². The smallest absolute Gasteiger partial charge is 0.255 e. The highest BCUT2D eigenvalue weighted by Crippen LogP contribution is 2.17. The summed E-state index contributed by atoms with van der Waals surface area (Å²) < 4.78 is 4.80. The van der Waals surface area contributed by atoms with Crippen LogP contribution in [-0.2, 0) is 0 Å². The first-order valence-corrected chi connectivity index (χ1v) is 4.62. The predicted molar refractivity (Wildman–Crippen MR) is 46.0 cm³/mol. The molecule has 0 aliphatic rings.